The van der Waals surface area contributed by atoms with Crippen LogP contribution in [0.1, 0.15) is 18.9 Å². The Hall–Kier alpha value is -1.35. The quantitative estimate of drug-likeness (QED) is 0.582. The molecule has 1 aromatic carbocycles. The van der Waals surface area contributed by atoms with Gasteiger partial charge in [0.25, 0.3) is 0 Å². The Morgan fingerprint density at radius 2 is 2.00 bits per heavy atom. The van der Waals surface area contributed by atoms with E-state index in [1.165, 1.54) is 5.56 Å². The monoisotopic (exact) mass is 193 g/mol. The number of esters is 1. The first-order chi connectivity index (χ1) is 6.76. The molecule has 0 spiro atoms. The highest BCUT2D eigenvalue weighted by atomic mass is 16.5. The van der Waals surface area contributed by atoms with Crippen LogP contribution < -0.4 is 10.5 Å². The van der Waals surface area contributed by atoms with Gasteiger partial charge in [-0.05, 0) is 24.1 Å². The fourth-order valence-corrected chi connectivity index (χ4v) is 1.19. The summed E-state index contributed by atoms with van der Waals surface area (Å²) in [6.45, 7) is 2.04. The van der Waals surface area contributed by atoms with Crippen molar-refractivity contribution in [3.05, 3.63) is 29.8 Å². The molecule has 1 aromatic rings. The average molecular weight is 193 g/mol. The van der Waals surface area contributed by atoms with Gasteiger partial charge in [-0.1, -0.05) is 25.5 Å². The van der Waals surface area contributed by atoms with E-state index in [2.05, 4.69) is 6.92 Å². The van der Waals surface area contributed by atoms with Crippen LogP contribution in [0.5, 0.6) is 5.75 Å². The van der Waals surface area contributed by atoms with Gasteiger partial charge in [-0.25, -0.2) is 0 Å². The Morgan fingerprint density at radius 1 is 1.36 bits per heavy atom. The Labute approximate surface area is 83.9 Å². The molecule has 0 aliphatic rings. The number of hydrogen-bond donors (Lipinski definition) is 1. The van der Waals surface area contributed by atoms with Gasteiger partial charge >= 0.3 is 5.97 Å². The zero-order chi connectivity index (χ0) is 10.4. The van der Waals surface area contributed by atoms with E-state index in [1.807, 2.05) is 12.1 Å². The minimum absolute atomic E-state index is 0.0866. The molecular formula is C11H15NO2. The Balaban J connectivity index is 2.59. The van der Waals surface area contributed by atoms with Crippen LogP contribution in [0.4, 0.5) is 0 Å². The lowest BCUT2D eigenvalue weighted by molar-refractivity contribution is -0.132. The number of carbonyl (C=O) groups excluding carboxylic acids is 1. The highest BCUT2D eigenvalue weighted by Gasteiger charge is 2.00. The van der Waals surface area contributed by atoms with Gasteiger partial charge in [0.15, 0.2) is 0 Å². The molecule has 0 bridgehead atoms. The third-order valence-corrected chi connectivity index (χ3v) is 1.86. The minimum Gasteiger partial charge on any atom is -0.426 e. The highest BCUT2D eigenvalue weighted by molar-refractivity contribution is 5.74. The summed E-state index contributed by atoms with van der Waals surface area (Å²) in [6, 6.07) is 7.50. The fourth-order valence-electron chi connectivity index (χ4n) is 1.19. The van der Waals surface area contributed by atoms with Gasteiger partial charge in [0.2, 0.25) is 0 Å². The van der Waals surface area contributed by atoms with Crippen molar-refractivity contribution >= 4 is 5.97 Å². The molecule has 0 saturated heterocycles. The Kier molecular flexibility index (Phi) is 4.13. The fraction of sp³-hybridized carbons (Fsp3) is 0.364. The molecule has 2 N–H and O–H groups in total. The number of hydrogen-bond acceptors (Lipinski definition) is 3. The molecule has 0 heterocycles. The molecule has 0 unspecified atom stereocenters. The normalized spacial score (nSPS) is 9.86. The summed E-state index contributed by atoms with van der Waals surface area (Å²) < 4.78 is 4.93. The van der Waals surface area contributed by atoms with Gasteiger partial charge in [-0.3, -0.25) is 4.79 Å². The van der Waals surface area contributed by atoms with E-state index < -0.39 is 5.97 Å². The summed E-state index contributed by atoms with van der Waals surface area (Å²) in [5.74, 6) is 0.147. The predicted octanol–water partition coefficient (Wildman–Crippen LogP) is 1.50. The topological polar surface area (TPSA) is 52.3 Å². The molecule has 0 aliphatic carbocycles. The number of aryl methyl sites for hydroxylation is 1. The van der Waals surface area contributed by atoms with Gasteiger partial charge in [0, 0.05) is 0 Å². The summed E-state index contributed by atoms with van der Waals surface area (Å²) in [6.07, 6.45) is 2.16. The van der Waals surface area contributed by atoms with Gasteiger partial charge in [0.05, 0.1) is 6.54 Å². The van der Waals surface area contributed by atoms with Crippen molar-refractivity contribution in [1.82, 2.24) is 0 Å². The van der Waals surface area contributed by atoms with Crippen molar-refractivity contribution in [2.45, 2.75) is 19.8 Å². The molecule has 0 amide bonds. The van der Waals surface area contributed by atoms with E-state index in [-0.39, 0.29) is 6.54 Å². The molecular weight excluding hydrogens is 178 g/mol. The molecule has 0 saturated carbocycles. The SMILES string of the molecule is CCCc1ccc(OC(=O)CN)cc1. The summed E-state index contributed by atoms with van der Waals surface area (Å²) in [5.41, 5.74) is 6.37. The Morgan fingerprint density at radius 3 is 2.50 bits per heavy atom. The molecule has 0 fully saturated rings. The molecule has 0 aromatic heterocycles. The molecule has 0 radical (unpaired) electrons. The molecule has 0 aliphatic heterocycles. The summed E-state index contributed by atoms with van der Waals surface area (Å²) in [5, 5.41) is 0. The zero-order valence-corrected chi connectivity index (χ0v) is 8.32. The van der Waals surface area contributed by atoms with E-state index in [4.69, 9.17) is 10.5 Å². The largest absolute Gasteiger partial charge is 0.426 e. The zero-order valence-electron chi connectivity index (χ0n) is 8.32. The maximum atomic E-state index is 10.8. The maximum Gasteiger partial charge on any atom is 0.325 e. The molecule has 3 heteroatoms. The number of benzene rings is 1. The number of nitrogens with two attached hydrogens (primary N) is 1. The van der Waals surface area contributed by atoms with Crippen molar-refractivity contribution in [1.29, 1.82) is 0 Å². The summed E-state index contributed by atoms with van der Waals surface area (Å²) in [7, 11) is 0. The van der Waals surface area contributed by atoms with Gasteiger partial charge < -0.3 is 10.5 Å². The van der Waals surface area contributed by atoms with Gasteiger partial charge in [-0.15, -0.1) is 0 Å². The number of rotatable bonds is 4. The van der Waals surface area contributed by atoms with Crippen molar-refractivity contribution in [2.75, 3.05) is 6.54 Å². The first-order valence-electron chi connectivity index (χ1n) is 4.76. The van der Waals surface area contributed by atoms with Crippen LogP contribution in [0, 0.1) is 0 Å². The molecule has 76 valence electrons. The maximum absolute atomic E-state index is 10.8. The predicted molar refractivity (Wildman–Crippen MR) is 55.1 cm³/mol. The lowest BCUT2D eigenvalue weighted by Crippen LogP contribution is -2.19. The van der Waals surface area contributed by atoms with Crippen LogP contribution >= 0.6 is 0 Å². The Bertz CT molecular complexity index is 293. The van der Waals surface area contributed by atoms with Crippen molar-refractivity contribution in [3.8, 4) is 5.75 Å². The first-order valence-corrected chi connectivity index (χ1v) is 4.76. The summed E-state index contributed by atoms with van der Waals surface area (Å²) in [4.78, 5) is 10.8. The van der Waals surface area contributed by atoms with Crippen LogP contribution in [0.3, 0.4) is 0 Å². The van der Waals surface area contributed by atoms with Crippen molar-refractivity contribution in [3.63, 3.8) is 0 Å². The average Bonchev–Trinajstić information content (AvgIpc) is 2.21. The van der Waals surface area contributed by atoms with Crippen LogP contribution in [0.15, 0.2) is 24.3 Å². The minimum atomic E-state index is -0.409. The molecule has 3 nitrogen and oxygen atoms in total. The van der Waals surface area contributed by atoms with E-state index in [0.717, 1.165) is 12.8 Å². The van der Waals surface area contributed by atoms with Crippen molar-refractivity contribution in [2.24, 2.45) is 5.73 Å². The van der Waals surface area contributed by atoms with Crippen LogP contribution in [-0.2, 0) is 11.2 Å². The number of carbonyl (C=O) groups is 1. The lowest BCUT2D eigenvalue weighted by Gasteiger charge is -2.03. The van der Waals surface area contributed by atoms with E-state index in [1.54, 1.807) is 12.1 Å². The van der Waals surface area contributed by atoms with Gasteiger partial charge in [0.1, 0.15) is 5.75 Å². The number of ether oxygens (including phenoxy) is 1. The van der Waals surface area contributed by atoms with Gasteiger partial charge in [-0.2, -0.15) is 0 Å². The van der Waals surface area contributed by atoms with Crippen LogP contribution in [-0.4, -0.2) is 12.5 Å². The van der Waals surface area contributed by atoms with E-state index in [9.17, 15) is 4.79 Å². The lowest BCUT2D eigenvalue weighted by atomic mass is 10.1. The van der Waals surface area contributed by atoms with Crippen LogP contribution in [0.2, 0.25) is 0 Å². The van der Waals surface area contributed by atoms with Crippen molar-refractivity contribution < 1.29 is 9.53 Å². The molecule has 14 heavy (non-hydrogen) atoms. The third kappa shape index (κ3) is 3.18. The second kappa shape index (κ2) is 5.40. The molecule has 1 rings (SSSR count). The van der Waals surface area contributed by atoms with E-state index in [0.29, 0.717) is 5.75 Å². The third-order valence-electron chi connectivity index (χ3n) is 1.86. The molecule has 0 atom stereocenters. The van der Waals surface area contributed by atoms with Crippen LogP contribution in [0.25, 0.3) is 0 Å². The standard InChI is InChI=1S/C11H15NO2/c1-2-3-9-4-6-10(7-5-9)14-11(13)8-12/h4-7H,2-3,8,12H2,1H3. The highest BCUT2D eigenvalue weighted by Crippen LogP contribution is 2.13. The van der Waals surface area contributed by atoms with E-state index >= 15 is 0 Å². The summed E-state index contributed by atoms with van der Waals surface area (Å²) >= 11 is 0. The first kappa shape index (κ1) is 10.7. The second-order valence-corrected chi connectivity index (χ2v) is 3.07. The smallest absolute Gasteiger partial charge is 0.325 e. The second-order valence-electron chi connectivity index (χ2n) is 3.07.